The molecule has 0 aliphatic heterocycles. The van der Waals surface area contributed by atoms with Gasteiger partial charge in [0.25, 0.3) is 0 Å². The predicted molar refractivity (Wildman–Crippen MR) is 52.4 cm³/mol. The summed E-state index contributed by atoms with van der Waals surface area (Å²) >= 11 is 0. The van der Waals surface area contributed by atoms with Gasteiger partial charge in [-0.15, -0.1) is 6.42 Å². The van der Waals surface area contributed by atoms with Crippen molar-refractivity contribution in [2.45, 2.75) is 38.4 Å². The summed E-state index contributed by atoms with van der Waals surface area (Å²) in [6.45, 7) is 2.66. The van der Waals surface area contributed by atoms with Crippen LogP contribution < -0.4 is 0 Å². The average molecular weight is 182 g/mol. The van der Waals surface area contributed by atoms with Gasteiger partial charge in [-0.2, -0.15) is 0 Å². The zero-order valence-electron chi connectivity index (χ0n) is 8.45. The molecular formula is C11H18O2. The lowest BCUT2D eigenvalue weighted by Crippen LogP contribution is -2.36. The Bertz CT molecular complexity index is 183. The summed E-state index contributed by atoms with van der Waals surface area (Å²) in [5, 5.41) is 0. The second-order valence-electron chi connectivity index (χ2n) is 3.75. The lowest BCUT2D eigenvalue weighted by molar-refractivity contribution is -0.0771. The quantitative estimate of drug-likeness (QED) is 0.620. The van der Waals surface area contributed by atoms with Gasteiger partial charge in [0.15, 0.2) is 0 Å². The summed E-state index contributed by atoms with van der Waals surface area (Å²) in [5.74, 6) is 3.24. The minimum absolute atomic E-state index is 0.206. The normalized spacial score (nSPS) is 34.1. The fraction of sp³-hybridized carbons (Fsp3) is 0.818. The van der Waals surface area contributed by atoms with Gasteiger partial charge < -0.3 is 9.47 Å². The van der Waals surface area contributed by atoms with E-state index in [4.69, 9.17) is 15.9 Å². The third kappa shape index (κ3) is 3.02. The van der Waals surface area contributed by atoms with E-state index in [-0.39, 0.29) is 12.2 Å². The molecule has 0 aromatic rings. The molecule has 0 spiro atoms. The summed E-state index contributed by atoms with van der Waals surface area (Å²) in [6.07, 6.45) is 8.96. The Hall–Kier alpha value is -0.520. The van der Waals surface area contributed by atoms with Crippen LogP contribution in [0.3, 0.4) is 0 Å². The average Bonchev–Trinajstić information content (AvgIpc) is 2.16. The highest BCUT2D eigenvalue weighted by molar-refractivity contribution is 4.86. The molecule has 0 bridgehead atoms. The molecule has 1 fully saturated rings. The van der Waals surface area contributed by atoms with Crippen molar-refractivity contribution in [1.29, 1.82) is 0 Å². The Morgan fingerprint density at radius 2 is 2.15 bits per heavy atom. The summed E-state index contributed by atoms with van der Waals surface area (Å²) in [6, 6.07) is 0. The molecule has 0 aromatic carbocycles. The van der Waals surface area contributed by atoms with E-state index in [0.717, 1.165) is 18.8 Å². The van der Waals surface area contributed by atoms with Crippen LogP contribution in [0.1, 0.15) is 26.2 Å². The highest BCUT2D eigenvalue weighted by Crippen LogP contribution is 2.27. The molecule has 74 valence electrons. The zero-order chi connectivity index (χ0) is 9.68. The summed E-state index contributed by atoms with van der Waals surface area (Å²) in [4.78, 5) is 0. The number of rotatable bonds is 3. The SMILES string of the molecule is C#CCOC1CCC(C)CC1OC. The molecule has 2 heteroatoms. The zero-order valence-corrected chi connectivity index (χ0v) is 8.45. The maximum atomic E-state index is 5.52. The van der Waals surface area contributed by atoms with Crippen LogP contribution in [-0.2, 0) is 9.47 Å². The first-order valence-electron chi connectivity index (χ1n) is 4.85. The highest BCUT2D eigenvalue weighted by atomic mass is 16.5. The van der Waals surface area contributed by atoms with Gasteiger partial charge in [0, 0.05) is 7.11 Å². The Kier molecular flexibility index (Phi) is 4.27. The highest BCUT2D eigenvalue weighted by Gasteiger charge is 2.28. The summed E-state index contributed by atoms with van der Waals surface area (Å²) in [5.41, 5.74) is 0. The molecule has 0 N–H and O–H groups in total. The molecule has 2 nitrogen and oxygen atoms in total. The third-order valence-corrected chi connectivity index (χ3v) is 2.68. The lowest BCUT2D eigenvalue weighted by atomic mass is 9.86. The Morgan fingerprint density at radius 3 is 2.77 bits per heavy atom. The molecule has 0 saturated heterocycles. The van der Waals surface area contributed by atoms with Gasteiger partial charge in [-0.1, -0.05) is 12.8 Å². The first kappa shape index (κ1) is 10.6. The Morgan fingerprint density at radius 1 is 1.38 bits per heavy atom. The van der Waals surface area contributed by atoms with Crippen molar-refractivity contribution in [3.8, 4) is 12.3 Å². The van der Waals surface area contributed by atoms with E-state index in [2.05, 4.69) is 12.8 Å². The van der Waals surface area contributed by atoms with Crippen molar-refractivity contribution in [3.05, 3.63) is 0 Å². The van der Waals surface area contributed by atoms with Crippen LogP contribution in [0, 0.1) is 18.3 Å². The van der Waals surface area contributed by atoms with E-state index in [1.54, 1.807) is 7.11 Å². The van der Waals surface area contributed by atoms with Gasteiger partial charge in [-0.25, -0.2) is 0 Å². The number of terminal acetylenes is 1. The van der Waals surface area contributed by atoms with Gasteiger partial charge in [0.05, 0.1) is 12.2 Å². The predicted octanol–water partition coefficient (Wildman–Crippen LogP) is 1.84. The van der Waals surface area contributed by atoms with Gasteiger partial charge in [-0.3, -0.25) is 0 Å². The molecule has 0 heterocycles. The van der Waals surface area contributed by atoms with Crippen molar-refractivity contribution in [2.75, 3.05) is 13.7 Å². The standard InChI is InChI=1S/C11H18O2/c1-4-7-13-10-6-5-9(2)8-11(10)12-3/h1,9-11H,5-8H2,2-3H3. The monoisotopic (exact) mass is 182 g/mol. The van der Waals surface area contributed by atoms with Crippen molar-refractivity contribution >= 4 is 0 Å². The molecule has 3 unspecified atom stereocenters. The van der Waals surface area contributed by atoms with Crippen LogP contribution >= 0.6 is 0 Å². The van der Waals surface area contributed by atoms with E-state index in [1.807, 2.05) is 0 Å². The van der Waals surface area contributed by atoms with Gasteiger partial charge in [0.1, 0.15) is 6.61 Å². The van der Waals surface area contributed by atoms with E-state index in [0.29, 0.717) is 6.61 Å². The fourth-order valence-electron chi connectivity index (χ4n) is 1.89. The Balaban J connectivity index is 2.39. The lowest BCUT2D eigenvalue weighted by Gasteiger charge is -2.33. The number of hydrogen-bond donors (Lipinski definition) is 0. The van der Waals surface area contributed by atoms with Crippen LogP contribution in [-0.4, -0.2) is 25.9 Å². The molecule has 1 rings (SSSR count). The van der Waals surface area contributed by atoms with E-state index in [9.17, 15) is 0 Å². The molecule has 0 aromatic heterocycles. The first-order chi connectivity index (χ1) is 6.27. The molecule has 1 aliphatic carbocycles. The smallest absolute Gasteiger partial charge is 0.107 e. The molecular weight excluding hydrogens is 164 g/mol. The van der Waals surface area contributed by atoms with Gasteiger partial charge >= 0.3 is 0 Å². The number of methoxy groups -OCH3 is 1. The van der Waals surface area contributed by atoms with Crippen molar-refractivity contribution in [1.82, 2.24) is 0 Å². The second-order valence-corrected chi connectivity index (χ2v) is 3.75. The largest absolute Gasteiger partial charge is 0.379 e. The van der Waals surface area contributed by atoms with Crippen LogP contribution in [0.2, 0.25) is 0 Å². The van der Waals surface area contributed by atoms with Crippen molar-refractivity contribution in [2.24, 2.45) is 5.92 Å². The van der Waals surface area contributed by atoms with E-state index >= 15 is 0 Å². The van der Waals surface area contributed by atoms with Gasteiger partial charge in [0.2, 0.25) is 0 Å². The van der Waals surface area contributed by atoms with Crippen LogP contribution in [0.25, 0.3) is 0 Å². The third-order valence-electron chi connectivity index (χ3n) is 2.68. The molecule has 1 saturated carbocycles. The van der Waals surface area contributed by atoms with Gasteiger partial charge in [-0.05, 0) is 25.2 Å². The molecule has 0 amide bonds. The fourth-order valence-corrected chi connectivity index (χ4v) is 1.89. The minimum Gasteiger partial charge on any atom is -0.379 e. The van der Waals surface area contributed by atoms with E-state index in [1.165, 1.54) is 6.42 Å². The van der Waals surface area contributed by atoms with Crippen molar-refractivity contribution < 1.29 is 9.47 Å². The Labute approximate surface area is 80.6 Å². The topological polar surface area (TPSA) is 18.5 Å². The first-order valence-corrected chi connectivity index (χ1v) is 4.85. The van der Waals surface area contributed by atoms with Crippen LogP contribution in [0.15, 0.2) is 0 Å². The van der Waals surface area contributed by atoms with E-state index < -0.39 is 0 Å². The van der Waals surface area contributed by atoms with Crippen LogP contribution in [0.5, 0.6) is 0 Å². The molecule has 1 aliphatic rings. The number of hydrogen-bond acceptors (Lipinski definition) is 2. The van der Waals surface area contributed by atoms with Crippen molar-refractivity contribution in [3.63, 3.8) is 0 Å². The molecule has 13 heavy (non-hydrogen) atoms. The molecule has 0 radical (unpaired) electrons. The number of ether oxygens (including phenoxy) is 2. The van der Waals surface area contributed by atoms with Crippen LogP contribution in [0.4, 0.5) is 0 Å². The second kappa shape index (κ2) is 5.26. The minimum atomic E-state index is 0.206. The maximum absolute atomic E-state index is 5.52. The summed E-state index contributed by atoms with van der Waals surface area (Å²) < 4.78 is 10.9. The maximum Gasteiger partial charge on any atom is 0.107 e. The molecule has 3 atom stereocenters. The summed E-state index contributed by atoms with van der Waals surface area (Å²) in [7, 11) is 1.74.